The quantitative estimate of drug-likeness (QED) is 0.488. The van der Waals surface area contributed by atoms with E-state index in [0.717, 1.165) is 19.2 Å². The number of hydrogen-bond acceptors (Lipinski definition) is 2. The lowest BCUT2D eigenvalue weighted by atomic mass is 10.2. The minimum atomic E-state index is 0.638. The predicted octanol–water partition coefficient (Wildman–Crippen LogP) is 0.467. The fourth-order valence-corrected chi connectivity index (χ4v) is 1.71. The molecule has 0 radical (unpaired) electrons. The van der Waals surface area contributed by atoms with Crippen molar-refractivity contribution in [2.75, 3.05) is 20.2 Å². The average molecular weight is 140 g/mol. The highest BCUT2D eigenvalue weighted by Crippen LogP contribution is 2.23. The highest BCUT2D eigenvalue weighted by molar-refractivity contribution is 5.76. The molecule has 0 aromatic heterocycles. The van der Waals surface area contributed by atoms with Crippen molar-refractivity contribution in [1.29, 1.82) is 0 Å². The van der Waals surface area contributed by atoms with Crippen LogP contribution in [0.3, 0.4) is 0 Å². The van der Waals surface area contributed by atoms with E-state index in [2.05, 4.69) is 9.89 Å². The van der Waals surface area contributed by atoms with Gasteiger partial charge in [0.15, 0.2) is 0 Å². The van der Waals surface area contributed by atoms with Gasteiger partial charge in [-0.3, -0.25) is 0 Å². The molecule has 56 valence electrons. The monoisotopic (exact) mass is 140 g/mol. The third-order valence-electron chi connectivity index (χ3n) is 2.22. The maximum absolute atomic E-state index is 5.35. The summed E-state index contributed by atoms with van der Waals surface area (Å²) < 4.78 is 5.35. The van der Waals surface area contributed by atoms with E-state index in [9.17, 15) is 0 Å². The summed E-state index contributed by atoms with van der Waals surface area (Å²) in [5, 5.41) is 0. The van der Waals surface area contributed by atoms with Crippen molar-refractivity contribution in [1.82, 2.24) is 4.90 Å². The van der Waals surface area contributed by atoms with Crippen LogP contribution < -0.4 is 0 Å². The molecule has 0 N–H and O–H groups in total. The number of ether oxygens (including phenoxy) is 1. The lowest BCUT2D eigenvalue weighted by Gasteiger charge is -2.12. The Hall–Kier alpha value is -0.730. The van der Waals surface area contributed by atoms with Gasteiger partial charge in [-0.15, -0.1) is 0 Å². The predicted molar refractivity (Wildman–Crippen MR) is 39.0 cm³/mol. The maximum atomic E-state index is 5.35. The van der Waals surface area contributed by atoms with Crippen LogP contribution in [0.15, 0.2) is 4.99 Å². The number of rotatable bonds is 0. The molecule has 3 nitrogen and oxygen atoms in total. The summed E-state index contributed by atoms with van der Waals surface area (Å²) in [7, 11) is 1.79. The number of hydrogen-bond donors (Lipinski definition) is 0. The van der Waals surface area contributed by atoms with E-state index in [0.29, 0.717) is 6.04 Å². The van der Waals surface area contributed by atoms with E-state index in [4.69, 9.17) is 4.74 Å². The lowest BCUT2D eigenvalue weighted by Crippen LogP contribution is -2.27. The van der Waals surface area contributed by atoms with Crippen LogP contribution in [0.4, 0.5) is 0 Å². The highest BCUT2D eigenvalue weighted by Gasteiger charge is 2.34. The largest absolute Gasteiger partial charge is 0.463 e. The first kappa shape index (κ1) is 6.01. The smallest absolute Gasteiger partial charge is 0.287 e. The van der Waals surface area contributed by atoms with E-state index in [-0.39, 0.29) is 0 Å². The van der Waals surface area contributed by atoms with Crippen molar-refractivity contribution in [2.24, 2.45) is 4.99 Å². The second-order valence-corrected chi connectivity index (χ2v) is 2.81. The molecule has 2 aliphatic heterocycles. The SMILES string of the molecule is CN=C1OCC2CCCN12. The van der Waals surface area contributed by atoms with E-state index >= 15 is 0 Å². The number of fused-ring (bicyclic) bond motifs is 1. The van der Waals surface area contributed by atoms with Gasteiger partial charge in [-0.05, 0) is 12.8 Å². The Morgan fingerprint density at radius 3 is 3.40 bits per heavy atom. The molecule has 0 aromatic rings. The normalized spacial score (nSPS) is 34.7. The molecule has 1 unspecified atom stereocenters. The summed E-state index contributed by atoms with van der Waals surface area (Å²) in [5.74, 6) is 0. The van der Waals surface area contributed by atoms with Gasteiger partial charge in [0.05, 0.1) is 6.04 Å². The second-order valence-electron chi connectivity index (χ2n) is 2.81. The van der Waals surface area contributed by atoms with Gasteiger partial charge in [0.2, 0.25) is 0 Å². The van der Waals surface area contributed by atoms with Gasteiger partial charge in [-0.1, -0.05) is 0 Å². The van der Waals surface area contributed by atoms with Gasteiger partial charge in [-0.25, -0.2) is 4.99 Å². The van der Waals surface area contributed by atoms with Crippen LogP contribution in [0, 0.1) is 0 Å². The Morgan fingerprint density at radius 2 is 2.60 bits per heavy atom. The topological polar surface area (TPSA) is 24.8 Å². The molecular formula is C7H12N2O. The number of aliphatic imine (C=N–C) groups is 1. The Balaban J connectivity index is 2.15. The summed E-state index contributed by atoms with van der Waals surface area (Å²) in [6, 6.07) is 1.49. The summed E-state index contributed by atoms with van der Waals surface area (Å²) in [4.78, 5) is 6.31. The standard InChI is InChI=1S/C7H12N2O/c1-8-7-9-4-2-3-6(9)5-10-7/h6H,2-5H2,1H3. The van der Waals surface area contributed by atoms with E-state index in [1.54, 1.807) is 7.05 Å². The molecule has 0 bridgehead atoms. The molecule has 2 rings (SSSR count). The molecular weight excluding hydrogens is 128 g/mol. The van der Waals surface area contributed by atoms with Crippen molar-refractivity contribution in [3.63, 3.8) is 0 Å². The zero-order valence-corrected chi connectivity index (χ0v) is 6.21. The fraction of sp³-hybridized carbons (Fsp3) is 0.857. The fourth-order valence-electron chi connectivity index (χ4n) is 1.71. The summed E-state index contributed by atoms with van der Waals surface area (Å²) in [6.45, 7) is 1.99. The number of nitrogens with zero attached hydrogens (tertiary/aromatic N) is 2. The molecule has 2 fully saturated rings. The molecule has 3 heteroatoms. The van der Waals surface area contributed by atoms with Crippen LogP contribution in [0.2, 0.25) is 0 Å². The third-order valence-corrected chi connectivity index (χ3v) is 2.22. The zero-order chi connectivity index (χ0) is 6.97. The molecule has 1 atom stereocenters. The Kier molecular flexibility index (Phi) is 1.29. The second kappa shape index (κ2) is 2.15. The van der Waals surface area contributed by atoms with Crippen molar-refractivity contribution >= 4 is 6.02 Å². The van der Waals surface area contributed by atoms with Gasteiger partial charge in [0.25, 0.3) is 6.02 Å². The number of amidine groups is 1. The lowest BCUT2D eigenvalue weighted by molar-refractivity contribution is 0.321. The van der Waals surface area contributed by atoms with E-state index in [1.165, 1.54) is 12.8 Å². The molecule has 2 aliphatic rings. The first-order chi connectivity index (χ1) is 4.92. The molecule has 2 heterocycles. The average Bonchev–Trinajstić information content (AvgIpc) is 2.44. The van der Waals surface area contributed by atoms with Crippen LogP contribution in [-0.4, -0.2) is 37.2 Å². The summed E-state index contributed by atoms with van der Waals surface area (Å²) in [5.41, 5.74) is 0. The maximum Gasteiger partial charge on any atom is 0.287 e. The molecule has 0 amide bonds. The molecule has 10 heavy (non-hydrogen) atoms. The van der Waals surface area contributed by atoms with Gasteiger partial charge >= 0.3 is 0 Å². The molecule has 2 saturated heterocycles. The third kappa shape index (κ3) is 0.696. The van der Waals surface area contributed by atoms with Crippen molar-refractivity contribution in [2.45, 2.75) is 18.9 Å². The minimum Gasteiger partial charge on any atom is -0.463 e. The first-order valence-electron chi connectivity index (χ1n) is 3.78. The first-order valence-corrected chi connectivity index (χ1v) is 3.78. The van der Waals surface area contributed by atoms with Crippen LogP contribution in [0.5, 0.6) is 0 Å². The molecule has 0 spiro atoms. The van der Waals surface area contributed by atoms with Gasteiger partial charge < -0.3 is 9.64 Å². The molecule has 0 saturated carbocycles. The minimum absolute atomic E-state index is 0.638. The van der Waals surface area contributed by atoms with Gasteiger partial charge in [-0.2, -0.15) is 0 Å². The Morgan fingerprint density at radius 1 is 1.70 bits per heavy atom. The zero-order valence-electron chi connectivity index (χ0n) is 6.21. The van der Waals surface area contributed by atoms with Crippen LogP contribution in [0.1, 0.15) is 12.8 Å². The highest BCUT2D eigenvalue weighted by atomic mass is 16.5. The van der Waals surface area contributed by atoms with Crippen molar-refractivity contribution in [3.05, 3.63) is 0 Å². The van der Waals surface area contributed by atoms with E-state index in [1.807, 2.05) is 0 Å². The van der Waals surface area contributed by atoms with Crippen LogP contribution in [-0.2, 0) is 4.74 Å². The summed E-state index contributed by atoms with van der Waals surface area (Å²) >= 11 is 0. The Labute approximate surface area is 60.7 Å². The van der Waals surface area contributed by atoms with Gasteiger partial charge in [0.1, 0.15) is 6.61 Å². The van der Waals surface area contributed by atoms with Gasteiger partial charge in [0, 0.05) is 13.6 Å². The molecule has 0 aromatic carbocycles. The van der Waals surface area contributed by atoms with E-state index < -0.39 is 0 Å². The van der Waals surface area contributed by atoms with Crippen LogP contribution in [0.25, 0.3) is 0 Å². The van der Waals surface area contributed by atoms with Crippen molar-refractivity contribution < 1.29 is 4.74 Å². The molecule has 0 aliphatic carbocycles. The van der Waals surface area contributed by atoms with Crippen molar-refractivity contribution in [3.8, 4) is 0 Å². The van der Waals surface area contributed by atoms with Crippen LogP contribution >= 0.6 is 0 Å². The summed E-state index contributed by atoms with van der Waals surface area (Å²) in [6.07, 6.45) is 2.58. The Bertz CT molecular complexity index is 167.